The van der Waals surface area contributed by atoms with Gasteiger partial charge in [0.05, 0.1) is 9.86 Å². The standard InChI is InChI=1S/C17H13BrFNO2/c1-10-7-12-15(17(21)20-10)14(8-13(18)16(12)19)22-9-11-5-3-2-4-6-11/h2-8H,9H2,1H3,(H,20,21). The minimum Gasteiger partial charge on any atom is -0.488 e. The van der Waals surface area contributed by atoms with Crippen LogP contribution in [0.3, 0.4) is 0 Å². The number of aromatic amines is 1. The quantitative estimate of drug-likeness (QED) is 0.754. The topological polar surface area (TPSA) is 42.1 Å². The Bertz CT molecular complexity index is 891. The van der Waals surface area contributed by atoms with Gasteiger partial charge >= 0.3 is 0 Å². The highest BCUT2D eigenvalue weighted by atomic mass is 79.9. The van der Waals surface area contributed by atoms with Crippen LogP contribution in [0.5, 0.6) is 5.75 Å². The van der Waals surface area contributed by atoms with Crippen molar-refractivity contribution in [1.29, 1.82) is 0 Å². The minimum absolute atomic E-state index is 0.224. The van der Waals surface area contributed by atoms with E-state index in [4.69, 9.17) is 4.74 Å². The van der Waals surface area contributed by atoms with Crippen molar-refractivity contribution >= 4 is 26.7 Å². The molecule has 0 atom stereocenters. The molecule has 0 aliphatic heterocycles. The minimum atomic E-state index is -0.462. The first-order valence-corrected chi connectivity index (χ1v) is 7.54. The van der Waals surface area contributed by atoms with Crippen LogP contribution in [0.25, 0.3) is 10.8 Å². The van der Waals surface area contributed by atoms with Gasteiger partial charge < -0.3 is 9.72 Å². The molecule has 0 unspecified atom stereocenters. The van der Waals surface area contributed by atoms with Crippen molar-refractivity contribution in [1.82, 2.24) is 4.98 Å². The average molecular weight is 362 g/mol. The van der Waals surface area contributed by atoms with Gasteiger partial charge in [-0.2, -0.15) is 0 Å². The largest absolute Gasteiger partial charge is 0.488 e. The molecule has 0 saturated carbocycles. The second-order valence-electron chi connectivity index (χ2n) is 5.01. The van der Waals surface area contributed by atoms with Crippen LogP contribution in [0.15, 0.2) is 51.7 Å². The lowest BCUT2D eigenvalue weighted by Crippen LogP contribution is -2.10. The molecule has 0 aliphatic rings. The number of benzene rings is 2. The summed E-state index contributed by atoms with van der Waals surface area (Å²) in [5.74, 6) is -0.107. The molecule has 2 aromatic carbocycles. The number of pyridine rings is 1. The molecule has 0 bridgehead atoms. The van der Waals surface area contributed by atoms with Crippen molar-refractivity contribution in [2.75, 3.05) is 0 Å². The summed E-state index contributed by atoms with van der Waals surface area (Å²) < 4.78 is 20.3. The van der Waals surface area contributed by atoms with Gasteiger partial charge in [0.25, 0.3) is 5.56 Å². The molecule has 1 N–H and O–H groups in total. The maximum Gasteiger partial charge on any atom is 0.259 e. The highest BCUT2D eigenvalue weighted by molar-refractivity contribution is 9.10. The molecule has 3 nitrogen and oxygen atoms in total. The summed E-state index contributed by atoms with van der Waals surface area (Å²) in [7, 11) is 0. The monoisotopic (exact) mass is 361 g/mol. The van der Waals surface area contributed by atoms with Gasteiger partial charge in [-0.1, -0.05) is 30.3 Å². The van der Waals surface area contributed by atoms with Crippen LogP contribution in [-0.4, -0.2) is 4.98 Å². The Kier molecular flexibility index (Phi) is 3.98. The fourth-order valence-electron chi connectivity index (χ4n) is 2.33. The molecule has 3 rings (SSSR count). The Morgan fingerprint density at radius 1 is 1.23 bits per heavy atom. The van der Waals surface area contributed by atoms with Crippen LogP contribution >= 0.6 is 15.9 Å². The lowest BCUT2D eigenvalue weighted by Gasteiger charge is -2.11. The number of hydrogen-bond donors (Lipinski definition) is 1. The van der Waals surface area contributed by atoms with Gasteiger partial charge in [0.1, 0.15) is 18.2 Å². The second kappa shape index (κ2) is 5.93. The number of ether oxygens (including phenoxy) is 1. The number of halogens is 2. The van der Waals surface area contributed by atoms with E-state index in [0.717, 1.165) is 5.56 Å². The predicted molar refractivity (Wildman–Crippen MR) is 87.7 cm³/mol. The second-order valence-corrected chi connectivity index (χ2v) is 5.87. The number of aryl methyl sites for hydroxylation is 1. The summed E-state index contributed by atoms with van der Waals surface area (Å²) in [4.78, 5) is 14.9. The van der Waals surface area contributed by atoms with E-state index < -0.39 is 5.82 Å². The summed E-state index contributed by atoms with van der Waals surface area (Å²) >= 11 is 3.18. The highest BCUT2D eigenvalue weighted by Gasteiger charge is 2.15. The van der Waals surface area contributed by atoms with Crippen LogP contribution in [0.4, 0.5) is 4.39 Å². The number of rotatable bonds is 3. The van der Waals surface area contributed by atoms with Gasteiger partial charge in [-0.25, -0.2) is 4.39 Å². The maximum absolute atomic E-state index is 14.2. The van der Waals surface area contributed by atoms with Crippen molar-refractivity contribution in [2.24, 2.45) is 0 Å². The Morgan fingerprint density at radius 2 is 1.95 bits per heavy atom. The average Bonchev–Trinajstić information content (AvgIpc) is 2.50. The Hall–Kier alpha value is -2.14. The van der Waals surface area contributed by atoms with Crippen LogP contribution in [0, 0.1) is 12.7 Å². The third kappa shape index (κ3) is 2.76. The summed E-state index contributed by atoms with van der Waals surface area (Å²) in [5.41, 5.74) is 1.22. The summed E-state index contributed by atoms with van der Waals surface area (Å²) in [6, 6.07) is 12.7. The van der Waals surface area contributed by atoms with Gasteiger partial charge in [0.2, 0.25) is 0 Å². The molecular formula is C17H13BrFNO2. The summed E-state index contributed by atoms with van der Waals surface area (Å²) in [5, 5.41) is 0.473. The van der Waals surface area contributed by atoms with Gasteiger partial charge in [-0.3, -0.25) is 4.79 Å². The zero-order valence-corrected chi connectivity index (χ0v) is 13.4. The van der Waals surface area contributed by atoms with Gasteiger partial charge in [-0.15, -0.1) is 0 Å². The third-order valence-electron chi connectivity index (χ3n) is 3.36. The molecule has 1 aromatic heterocycles. The number of nitrogens with one attached hydrogen (secondary N) is 1. The third-order valence-corrected chi connectivity index (χ3v) is 3.93. The number of hydrogen-bond acceptors (Lipinski definition) is 2. The molecule has 22 heavy (non-hydrogen) atoms. The first-order valence-electron chi connectivity index (χ1n) is 6.74. The SMILES string of the molecule is Cc1cc2c(F)c(Br)cc(OCc3ccccc3)c2c(=O)[nH]1. The maximum atomic E-state index is 14.2. The van der Waals surface area contributed by atoms with Crippen molar-refractivity contribution < 1.29 is 9.13 Å². The molecule has 0 radical (unpaired) electrons. The molecule has 0 fully saturated rings. The van der Waals surface area contributed by atoms with Crippen molar-refractivity contribution in [3.05, 3.63) is 74.4 Å². The van der Waals surface area contributed by atoms with Crippen LogP contribution in [-0.2, 0) is 6.61 Å². The molecule has 5 heteroatoms. The first-order chi connectivity index (χ1) is 10.6. The molecular weight excluding hydrogens is 349 g/mol. The zero-order chi connectivity index (χ0) is 15.7. The lowest BCUT2D eigenvalue weighted by molar-refractivity contribution is 0.309. The molecule has 0 amide bonds. The highest BCUT2D eigenvalue weighted by Crippen LogP contribution is 2.32. The number of fused-ring (bicyclic) bond motifs is 1. The van der Waals surface area contributed by atoms with E-state index in [1.54, 1.807) is 13.0 Å². The molecule has 0 aliphatic carbocycles. The van der Waals surface area contributed by atoms with Gasteiger partial charge in [0.15, 0.2) is 0 Å². The van der Waals surface area contributed by atoms with E-state index in [9.17, 15) is 9.18 Å². The number of aromatic nitrogens is 1. The van der Waals surface area contributed by atoms with Gasteiger partial charge in [0, 0.05) is 11.1 Å². The summed E-state index contributed by atoms with van der Waals surface area (Å²) in [6.45, 7) is 2.02. The van der Waals surface area contributed by atoms with E-state index in [2.05, 4.69) is 20.9 Å². The number of H-pyrrole nitrogens is 1. The summed E-state index contributed by atoms with van der Waals surface area (Å²) in [6.07, 6.45) is 0. The van der Waals surface area contributed by atoms with Crippen molar-refractivity contribution in [2.45, 2.75) is 13.5 Å². The van der Waals surface area contributed by atoms with E-state index in [1.165, 1.54) is 6.07 Å². The molecule has 3 aromatic rings. The fourth-order valence-corrected chi connectivity index (χ4v) is 2.76. The van der Waals surface area contributed by atoms with Crippen molar-refractivity contribution in [3.63, 3.8) is 0 Å². The predicted octanol–water partition coefficient (Wildman–Crippen LogP) is 4.32. The van der Waals surface area contributed by atoms with E-state index in [-0.39, 0.29) is 20.8 Å². The van der Waals surface area contributed by atoms with E-state index in [1.807, 2.05) is 30.3 Å². The van der Waals surface area contributed by atoms with Crippen LogP contribution in [0.2, 0.25) is 0 Å². The molecule has 0 spiro atoms. The van der Waals surface area contributed by atoms with Gasteiger partial charge in [-0.05, 0) is 40.5 Å². The Labute approximate surface area is 134 Å². The van der Waals surface area contributed by atoms with Crippen molar-refractivity contribution in [3.8, 4) is 5.75 Å². The Balaban J connectivity index is 2.09. The van der Waals surface area contributed by atoms with E-state index in [0.29, 0.717) is 18.1 Å². The normalized spacial score (nSPS) is 10.9. The Morgan fingerprint density at radius 3 is 2.68 bits per heavy atom. The first kappa shape index (κ1) is 14.8. The molecule has 0 saturated heterocycles. The smallest absolute Gasteiger partial charge is 0.259 e. The van der Waals surface area contributed by atoms with E-state index >= 15 is 0 Å². The van der Waals surface area contributed by atoms with Crippen LogP contribution < -0.4 is 10.3 Å². The molecule has 1 heterocycles. The zero-order valence-electron chi connectivity index (χ0n) is 11.8. The fraction of sp³-hybridized carbons (Fsp3) is 0.118. The van der Waals surface area contributed by atoms with Crippen LogP contribution in [0.1, 0.15) is 11.3 Å². The lowest BCUT2D eigenvalue weighted by atomic mass is 10.1. The molecule has 112 valence electrons.